The predicted octanol–water partition coefficient (Wildman–Crippen LogP) is 4.81. The van der Waals surface area contributed by atoms with E-state index in [-0.39, 0.29) is 11.8 Å². The molecule has 0 spiro atoms. The lowest BCUT2D eigenvalue weighted by Gasteiger charge is -2.37. The van der Waals surface area contributed by atoms with Crippen LogP contribution in [0.25, 0.3) is 0 Å². The van der Waals surface area contributed by atoms with Crippen molar-refractivity contribution in [3.05, 3.63) is 34.9 Å². The van der Waals surface area contributed by atoms with Gasteiger partial charge in [0.15, 0.2) is 0 Å². The number of rotatable bonds is 2. The van der Waals surface area contributed by atoms with Gasteiger partial charge in [-0.05, 0) is 17.7 Å². The third-order valence-corrected chi connectivity index (χ3v) is 3.98. The third kappa shape index (κ3) is 4.44. The van der Waals surface area contributed by atoms with Crippen LogP contribution in [0.15, 0.2) is 24.3 Å². The first-order valence-electron chi connectivity index (χ1n) is 7.66. The van der Waals surface area contributed by atoms with Gasteiger partial charge in [-0.3, -0.25) is 4.79 Å². The Morgan fingerprint density at radius 3 is 2.10 bits per heavy atom. The van der Waals surface area contributed by atoms with Gasteiger partial charge in [-0.2, -0.15) is 0 Å². The van der Waals surface area contributed by atoms with Crippen LogP contribution in [-0.4, -0.2) is 23.9 Å². The summed E-state index contributed by atoms with van der Waals surface area (Å²) in [4.78, 5) is 13.6. The van der Waals surface area contributed by atoms with Gasteiger partial charge >= 0.3 is 0 Å². The molecule has 0 saturated carbocycles. The van der Waals surface area contributed by atoms with E-state index in [1.54, 1.807) is 29.2 Å². The van der Waals surface area contributed by atoms with Crippen LogP contribution in [0.3, 0.4) is 0 Å². The average molecular weight is 314 g/mol. The van der Waals surface area contributed by atoms with E-state index in [2.05, 4.69) is 0 Å². The fourth-order valence-corrected chi connectivity index (χ4v) is 2.61. The monoisotopic (exact) mass is 313 g/mol. The predicted molar refractivity (Wildman–Crippen MR) is 86.2 cm³/mol. The van der Waals surface area contributed by atoms with E-state index in [1.807, 2.05) is 27.7 Å². The zero-order valence-corrected chi connectivity index (χ0v) is 14.1. The standard InChI is InChI=1S/C15H19ClFNO.C2H6/c1-11(2)14(19)18-9-7-15(17,8-10-18)12-3-5-13(16)6-4-12;1-2/h3-6,11H,7-10H2,1-2H3;1-2H3. The molecule has 2 rings (SSSR count). The highest BCUT2D eigenvalue weighted by Crippen LogP contribution is 2.37. The van der Waals surface area contributed by atoms with Crippen molar-refractivity contribution in [3.8, 4) is 0 Å². The second kappa shape index (κ2) is 7.79. The van der Waals surface area contributed by atoms with Crippen molar-refractivity contribution in [2.75, 3.05) is 13.1 Å². The number of hydrogen-bond acceptors (Lipinski definition) is 1. The van der Waals surface area contributed by atoms with Crippen molar-refractivity contribution in [1.29, 1.82) is 0 Å². The summed E-state index contributed by atoms with van der Waals surface area (Å²) in [7, 11) is 0. The lowest BCUT2D eigenvalue weighted by Crippen LogP contribution is -2.44. The molecule has 4 heteroatoms. The lowest BCUT2D eigenvalue weighted by molar-refractivity contribution is -0.137. The fraction of sp³-hybridized carbons (Fsp3) is 0.588. The van der Waals surface area contributed by atoms with E-state index >= 15 is 0 Å². The highest BCUT2D eigenvalue weighted by atomic mass is 35.5. The van der Waals surface area contributed by atoms with Crippen molar-refractivity contribution in [1.82, 2.24) is 4.90 Å². The number of nitrogens with zero attached hydrogens (tertiary/aromatic N) is 1. The number of likely N-dealkylation sites (tertiary alicyclic amines) is 1. The molecule has 2 nitrogen and oxygen atoms in total. The zero-order chi connectivity index (χ0) is 16.0. The number of hydrogen-bond donors (Lipinski definition) is 0. The summed E-state index contributed by atoms with van der Waals surface area (Å²) in [5, 5.41) is 0.611. The molecule has 0 atom stereocenters. The second-order valence-electron chi connectivity index (χ2n) is 5.45. The smallest absolute Gasteiger partial charge is 0.225 e. The van der Waals surface area contributed by atoms with Crippen LogP contribution in [0.2, 0.25) is 5.02 Å². The Morgan fingerprint density at radius 1 is 1.19 bits per heavy atom. The number of amides is 1. The van der Waals surface area contributed by atoms with Crippen LogP contribution < -0.4 is 0 Å². The van der Waals surface area contributed by atoms with Crippen LogP contribution in [-0.2, 0) is 10.5 Å². The first kappa shape index (κ1) is 18.0. The normalized spacial score (nSPS) is 17.2. The van der Waals surface area contributed by atoms with Crippen molar-refractivity contribution >= 4 is 17.5 Å². The van der Waals surface area contributed by atoms with Gasteiger partial charge in [0.2, 0.25) is 5.91 Å². The summed E-state index contributed by atoms with van der Waals surface area (Å²) < 4.78 is 14.9. The first-order chi connectivity index (χ1) is 9.92. The molecule has 1 aliphatic rings. The van der Waals surface area contributed by atoms with Gasteiger partial charge in [0.25, 0.3) is 0 Å². The molecular formula is C17H25ClFNO. The van der Waals surface area contributed by atoms with E-state index in [9.17, 15) is 9.18 Å². The van der Waals surface area contributed by atoms with Crippen molar-refractivity contribution < 1.29 is 9.18 Å². The van der Waals surface area contributed by atoms with Gasteiger partial charge in [0, 0.05) is 36.9 Å². The van der Waals surface area contributed by atoms with Crippen LogP contribution >= 0.6 is 11.6 Å². The number of carbonyl (C=O) groups excluding carboxylic acids is 1. The molecular weight excluding hydrogens is 289 g/mol. The Hall–Kier alpha value is -1.09. The molecule has 1 aromatic carbocycles. The first-order valence-corrected chi connectivity index (χ1v) is 8.04. The summed E-state index contributed by atoms with van der Waals surface area (Å²) in [5.74, 6) is 0.0841. The molecule has 1 fully saturated rings. The van der Waals surface area contributed by atoms with E-state index < -0.39 is 5.67 Å². The summed E-state index contributed by atoms with van der Waals surface area (Å²) in [6.45, 7) is 8.71. The van der Waals surface area contributed by atoms with Gasteiger partial charge in [-0.25, -0.2) is 4.39 Å². The Balaban J connectivity index is 0.00000106. The number of alkyl halides is 1. The quantitative estimate of drug-likeness (QED) is 0.767. The summed E-state index contributed by atoms with van der Waals surface area (Å²) in [6.07, 6.45) is 0.709. The summed E-state index contributed by atoms with van der Waals surface area (Å²) in [6, 6.07) is 6.90. The maximum absolute atomic E-state index is 14.9. The zero-order valence-electron chi connectivity index (χ0n) is 13.3. The molecule has 1 aliphatic heterocycles. The molecule has 0 unspecified atom stereocenters. The summed E-state index contributed by atoms with van der Waals surface area (Å²) >= 11 is 5.82. The lowest BCUT2D eigenvalue weighted by atomic mass is 9.86. The molecule has 0 aliphatic carbocycles. The number of carbonyl (C=O) groups is 1. The Bertz CT molecular complexity index is 450. The Kier molecular flexibility index (Phi) is 6.66. The molecule has 1 aromatic rings. The number of benzene rings is 1. The van der Waals surface area contributed by atoms with E-state index in [1.165, 1.54) is 0 Å². The molecule has 0 radical (unpaired) electrons. The van der Waals surface area contributed by atoms with Crippen LogP contribution in [0, 0.1) is 5.92 Å². The van der Waals surface area contributed by atoms with Crippen molar-refractivity contribution in [2.45, 2.75) is 46.2 Å². The highest BCUT2D eigenvalue weighted by molar-refractivity contribution is 6.30. The highest BCUT2D eigenvalue weighted by Gasteiger charge is 2.37. The van der Waals surface area contributed by atoms with Gasteiger partial charge < -0.3 is 4.90 Å². The third-order valence-electron chi connectivity index (χ3n) is 3.72. The second-order valence-corrected chi connectivity index (χ2v) is 5.89. The fourth-order valence-electron chi connectivity index (χ4n) is 2.48. The maximum Gasteiger partial charge on any atom is 0.225 e. The SMILES string of the molecule is CC.CC(C)C(=O)N1CCC(F)(c2ccc(Cl)cc2)CC1. The maximum atomic E-state index is 14.9. The van der Waals surface area contributed by atoms with Gasteiger partial charge in [0.1, 0.15) is 5.67 Å². The minimum absolute atomic E-state index is 0.0253. The minimum Gasteiger partial charge on any atom is -0.342 e. The largest absolute Gasteiger partial charge is 0.342 e. The van der Waals surface area contributed by atoms with Gasteiger partial charge in [-0.15, -0.1) is 0 Å². The van der Waals surface area contributed by atoms with E-state index in [4.69, 9.17) is 11.6 Å². The van der Waals surface area contributed by atoms with Crippen molar-refractivity contribution in [3.63, 3.8) is 0 Å². The average Bonchev–Trinajstić information content (AvgIpc) is 2.50. The topological polar surface area (TPSA) is 20.3 Å². The van der Waals surface area contributed by atoms with Crippen LogP contribution in [0.5, 0.6) is 0 Å². The van der Waals surface area contributed by atoms with Crippen LogP contribution in [0.1, 0.15) is 46.1 Å². The molecule has 0 N–H and O–H groups in total. The Labute approximate surface area is 132 Å². The molecule has 1 amide bonds. The molecule has 118 valence electrons. The molecule has 0 bridgehead atoms. The van der Waals surface area contributed by atoms with E-state index in [0.29, 0.717) is 36.5 Å². The Morgan fingerprint density at radius 2 is 1.67 bits per heavy atom. The number of halogens is 2. The summed E-state index contributed by atoms with van der Waals surface area (Å²) in [5.41, 5.74) is -0.674. The molecule has 0 aromatic heterocycles. The molecule has 21 heavy (non-hydrogen) atoms. The van der Waals surface area contributed by atoms with Crippen LogP contribution in [0.4, 0.5) is 4.39 Å². The van der Waals surface area contributed by atoms with Crippen molar-refractivity contribution in [2.24, 2.45) is 5.92 Å². The van der Waals surface area contributed by atoms with E-state index in [0.717, 1.165) is 0 Å². The minimum atomic E-state index is -1.33. The molecule has 1 saturated heterocycles. The number of piperidine rings is 1. The molecule has 1 heterocycles. The van der Waals surface area contributed by atoms with Gasteiger partial charge in [-0.1, -0.05) is 51.4 Å². The van der Waals surface area contributed by atoms with Gasteiger partial charge in [0.05, 0.1) is 0 Å².